The largest absolute Gasteiger partial charge is 0.356 e. The maximum Gasteiger partial charge on any atom is 0.200 e. The summed E-state index contributed by atoms with van der Waals surface area (Å²) in [5.41, 5.74) is 2.35. The summed E-state index contributed by atoms with van der Waals surface area (Å²) in [6, 6.07) is 0. The van der Waals surface area contributed by atoms with Gasteiger partial charge in [0.05, 0.1) is 5.69 Å². The first-order valence-electron chi connectivity index (χ1n) is 5.39. The lowest BCUT2D eigenvalue weighted by Crippen LogP contribution is -1.97. The summed E-state index contributed by atoms with van der Waals surface area (Å²) in [5, 5.41) is 3.16. The van der Waals surface area contributed by atoms with Crippen LogP contribution in [-0.4, -0.2) is 16.5 Å². The van der Waals surface area contributed by atoms with Crippen molar-refractivity contribution in [3.63, 3.8) is 0 Å². The average Bonchev–Trinajstić information content (AvgIpc) is 2.63. The Morgan fingerprint density at radius 2 is 2.29 bits per heavy atom. The van der Waals surface area contributed by atoms with Crippen molar-refractivity contribution in [2.45, 2.75) is 33.6 Å². The van der Waals surface area contributed by atoms with Crippen molar-refractivity contribution in [3.8, 4) is 0 Å². The van der Waals surface area contributed by atoms with Crippen LogP contribution in [0.25, 0.3) is 6.08 Å². The number of aromatic nitrogens is 2. The van der Waals surface area contributed by atoms with Gasteiger partial charge in [-0.25, -0.2) is 4.98 Å². The molecule has 0 atom stereocenters. The lowest BCUT2D eigenvalue weighted by atomic mass is 10.1. The van der Waals surface area contributed by atoms with Crippen LogP contribution in [0.1, 0.15) is 38.6 Å². The predicted octanol–water partition coefficient (Wildman–Crippen LogP) is 2.83. The lowest BCUT2D eigenvalue weighted by Gasteiger charge is -2.00. The van der Waals surface area contributed by atoms with Gasteiger partial charge in [-0.3, -0.25) is 0 Å². The van der Waals surface area contributed by atoms with Gasteiger partial charge in [0.25, 0.3) is 0 Å². The Bertz CT molecular complexity index is 299. The van der Waals surface area contributed by atoms with Gasteiger partial charge in [-0.1, -0.05) is 19.9 Å². The quantitative estimate of drug-likeness (QED) is 0.758. The van der Waals surface area contributed by atoms with Crippen LogP contribution >= 0.6 is 0 Å². The van der Waals surface area contributed by atoms with Crippen molar-refractivity contribution >= 4 is 12.0 Å². The van der Waals surface area contributed by atoms with E-state index < -0.39 is 0 Å². The van der Waals surface area contributed by atoms with E-state index in [2.05, 4.69) is 34.4 Å². The van der Waals surface area contributed by atoms with Crippen LogP contribution in [0.3, 0.4) is 0 Å². The Morgan fingerprint density at radius 3 is 2.93 bits per heavy atom. The number of anilines is 1. The van der Waals surface area contributed by atoms with Crippen LogP contribution < -0.4 is 5.32 Å². The monoisotopic (exact) mass is 193 g/mol. The summed E-state index contributed by atoms with van der Waals surface area (Å²) in [4.78, 5) is 7.65. The van der Waals surface area contributed by atoms with Gasteiger partial charge in [0, 0.05) is 12.2 Å². The molecule has 78 valence electrons. The number of hydrogen-bond donors (Lipinski definition) is 2. The molecular formula is C11H19N3. The maximum absolute atomic E-state index is 4.39. The molecule has 0 unspecified atom stereocenters. The Hall–Kier alpha value is -1.25. The number of aromatic amines is 1. The average molecular weight is 193 g/mol. The van der Waals surface area contributed by atoms with E-state index in [4.69, 9.17) is 0 Å². The first-order chi connectivity index (χ1) is 6.90. The fourth-order valence-corrected chi connectivity index (χ4v) is 1.43. The van der Waals surface area contributed by atoms with E-state index in [0.29, 0.717) is 0 Å². The second kappa shape index (κ2) is 5.47. The molecule has 3 heteroatoms. The SMILES string of the molecule is CC.CCNc1nc2c([nH]1)CCC=C2. The summed E-state index contributed by atoms with van der Waals surface area (Å²) < 4.78 is 0. The number of allylic oxidation sites excluding steroid dienone is 1. The number of H-pyrrole nitrogens is 1. The summed E-state index contributed by atoms with van der Waals surface area (Å²) in [6.45, 7) is 6.98. The molecule has 1 aliphatic rings. The standard InChI is InChI=1S/C9H13N3.C2H6/c1-2-10-9-11-7-5-3-4-6-8(7)12-9;1-2/h3,5H,2,4,6H2,1H3,(H2,10,11,12);1-2H3. The minimum absolute atomic E-state index is 0.897. The van der Waals surface area contributed by atoms with Crippen LogP contribution in [0.15, 0.2) is 6.08 Å². The van der Waals surface area contributed by atoms with Gasteiger partial charge in [0.1, 0.15) is 0 Å². The minimum Gasteiger partial charge on any atom is -0.356 e. The molecule has 2 N–H and O–H groups in total. The van der Waals surface area contributed by atoms with Gasteiger partial charge in [-0.15, -0.1) is 0 Å². The molecule has 0 saturated carbocycles. The van der Waals surface area contributed by atoms with Gasteiger partial charge in [-0.05, 0) is 25.8 Å². The Kier molecular flexibility index (Phi) is 4.23. The molecule has 0 radical (unpaired) electrons. The summed E-state index contributed by atoms with van der Waals surface area (Å²) in [5.74, 6) is 0.897. The highest BCUT2D eigenvalue weighted by molar-refractivity contribution is 5.53. The molecule has 1 aromatic heterocycles. The second-order valence-electron chi connectivity index (χ2n) is 2.92. The van der Waals surface area contributed by atoms with E-state index in [0.717, 1.165) is 31.0 Å². The van der Waals surface area contributed by atoms with Gasteiger partial charge >= 0.3 is 0 Å². The highest BCUT2D eigenvalue weighted by atomic mass is 15.1. The molecular weight excluding hydrogens is 174 g/mol. The second-order valence-corrected chi connectivity index (χ2v) is 2.92. The van der Waals surface area contributed by atoms with E-state index in [1.807, 2.05) is 13.8 Å². The van der Waals surface area contributed by atoms with Crippen molar-refractivity contribution in [1.29, 1.82) is 0 Å². The zero-order valence-corrected chi connectivity index (χ0v) is 9.22. The van der Waals surface area contributed by atoms with E-state index >= 15 is 0 Å². The van der Waals surface area contributed by atoms with Crippen molar-refractivity contribution < 1.29 is 0 Å². The molecule has 0 fully saturated rings. The third-order valence-corrected chi connectivity index (χ3v) is 1.99. The zero-order valence-electron chi connectivity index (χ0n) is 9.22. The van der Waals surface area contributed by atoms with Crippen LogP contribution in [0.5, 0.6) is 0 Å². The highest BCUT2D eigenvalue weighted by Gasteiger charge is 2.08. The van der Waals surface area contributed by atoms with Gasteiger partial charge in [-0.2, -0.15) is 0 Å². The normalized spacial score (nSPS) is 12.8. The number of hydrogen-bond acceptors (Lipinski definition) is 2. The van der Waals surface area contributed by atoms with Crippen LogP contribution in [0.4, 0.5) is 5.95 Å². The van der Waals surface area contributed by atoms with Gasteiger partial charge < -0.3 is 10.3 Å². The molecule has 1 heterocycles. The topological polar surface area (TPSA) is 40.7 Å². The van der Waals surface area contributed by atoms with Crippen LogP contribution in [0, 0.1) is 0 Å². The summed E-state index contributed by atoms with van der Waals surface area (Å²) in [7, 11) is 0. The summed E-state index contributed by atoms with van der Waals surface area (Å²) >= 11 is 0. The number of fused-ring (bicyclic) bond motifs is 1. The first-order valence-corrected chi connectivity index (χ1v) is 5.39. The van der Waals surface area contributed by atoms with Crippen molar-refractivity contribution in [2.75, 3.05) is 11.9 Å². The van der Waals surface area contributed by atoms with E-state index in [-0.39, 0.29) is 0 Å². The smallest absolute Gasteiger partial charge is 0.200 e. The molecule has 0 amide bonds. The van der Waals surface area contributed by atoms with Gasteiger partial charge in [0.15, 0.2) is 0 Å². The number of rotatable bonds is 2. The van der Waals surface area contributed by atoms with Crippen LogP contribution in [-0.2, 0) is 6.42 Å². The van der Waals surface area contributed by atoms with Crippen molar-refractivity contribution in [2.24, 2.45) is 0 Å². The molecule has 1 aliphatic carbocycles. The number of nitrogens with one attached hydrogen (secondary N) is 2. The van der Waals surface area contributed by atoms with Crippen LogP contribution in [0.2, 0.25) is 0 Å². The fourth-order valence-electron chi connectivity index (χ4n) is 1.43. The molecule has 0 bridgehead atoms. The van der Waals surface area contributed by atoms with Gasteiger partial charge in [0.2, 0.25) is 5.95 Å². The van der Waals surface area contributed by atoms with E-state index in [9.17, 15) is 0 Å². The Balaban J connectivity index is 0.000000461. The third kappa shape index (κ3) is 2.37. The fraction of sp³-hybridized carbons (Fsp3) is 0.545. The van der Waals surface area contributed by atoms with Crippen molar-refractivity contribution in [1.82, 2.24) is 9.97 Å². The van der Waals surface area contributed by atoms with Crippen molar-refractivity contribution in [3.05, 3.63) is 17.5 Å². The van der Waals surface area contributed by atoms with E-state index in [1.54, 1.807) is 0 Å². The molecule has 0 spiro atoms. The minimum atomic E-state index is 0.897. The molecule has 0 saturated heterocycles. The predicted molar refractivity (Wildman–Crippen MR) is 61.5 cm³/mol. The molecule has 3 nitrogen and oxygen atoms in total. The maximum atomic E-state index is 4.39. The molecule has 14 heavy (non-hydrogen) atoms. The zero-order chi connectivity index (χ0) is 10.4. The summed E-state index contributed by atoms with van der Waals surface area (Å²) in [6.07, 6.45) is 6.46. The number of imidazole rings is 1. The molecule has 1 aromatic rings. The van der Waals surface area contributed by atoms with E-state index in [1.165, 1.54) is 5.69 Å². The highest BCUT2D eigenvalue weighted by Crippen LogP contribution is 2.18. The first kappa shape index (κ1) is 10.8. The third-order valence-electron chi connectivity index (χ3n) is 1.99. The molecule has 2 rings (SSSR count). The Labute approximate surface area is 85.6 Å². The Morgan fingerprint density at radius 1 is 1.50 bits per heavy atom. The number of nitrogens with zero attached hydrogens (tertiary/aromatic N) is 1. The molecule has 0 aromatic carbocycles. The lowest BCUT2D eigenvalue weighted by molar-refractivity contribution is 0.943. The number of aryl methyl sites for hydroxylation is 1. The molecule has 0 aliphatic heterocycles.